The summed E-state index contributed by atoms with van der Waals surface area (Å²) in [4.78, 5) is 29.5. The number of esters is 1. The van der Waals surface area contributed by atoms with Crippen LogP contribution in [0.4, 0.5) is 4.39 Å². The van der Waals surface area contributed by atoms with Gasteiger partial charge in [0.05, 0.1) is 12.1 Å². The van der Waals surface area contributed by atoms with E-state index in [0.29, 0.717) is 18.5 Å². The number of nitrogens with zero attached hydrogens (tertiary/aromatic N) is 2. The number of hydrogen-bond acceptors (Lipinski definition) is 5. The van der Waals surface area contributed by atoms with Gasteiger partial charge in [0, 0.05) is 12.7 Å². The number of carbonyl (C=O) groups excluding carboxylic acids is 1. The third kappa shape index (κ3) is 4.29. The van der Waals surface area contributed by atoms with Crippen molar-refractivity contribution in [2.75, 3.05) is 6.61 Å². The Hall–Kier alpha value is -3.22. The Morgan fingerprint density at radius 1 is 1.21 bits per heavy atom. The number of fused-ring (bicyclic) bond motifs is 1. The van der Waals surface area contributed by atoms with Gasteiger partial charge in [0.1, 0.15) is 11.3 Å². The fraction of sp³-hybridized carbons (Fsp3) is 0.318. The summed E-state index contributed by atoms with van der Waals surface area (Å²) in [6.07, 6.45) is 3.65. The zero-order valence-electron chi connectivity index (χ0n) is 16.4. The molecule has 0 saturated carbocycles. The molecule has 0 spiro atoms. The quantitative estimate of drug-likeness (QED) is 0.612. The Morgan fingerprint density at radius 2 is 1.93 bits per heavy atom. The van der Waals surface area contributed by atoms with Gasteiger partial charge in [0.15, 0.2) is 11.3 Å². The summed E-state index contributed by atoms with van der Waals surface area (Å²) in [5, 5.41) is 10.6. The molecule has 6 nitrogen and oxygen atoms in total. The molecule has 1 N–H and O–H groups in total. The maximum absolute atomic E-state index is 13.1. The number of aromatic hydroxyl groups is 1. The zero-order chi connectivity index (χ0) is 21.0. The van der Waals surface area contributed by atoms with Crippen molar-refractivity contribution in [2.24, 2.45) is 0 Å². The van der Waals surface area contributed by atoms with E-state index in [1.165, 1.54) is 16.7 Å². The van der Waals surface area contributed by atoms with Crippen LogP contribution in [0.5, 0.6) is 5.75 Å². The standard InChI is InChI=1S/C22H23FN2O4/c1-3-5-10-25-17-12-15(11-14-6-8-16(23)9-7-14)13-24-19(17)20(26)18(21(25)27)22(28)29-4-2/h6-9,12-13,26H,3-5,10-11H2,1-2H3. The molecule has 3 rings (SSSR count). The third-order valence-electron chi connectivity index (χ3n) is 4.67. The van der Waals surface area contributed by atoms with Gasteiger partial charge in [-0.1, -0.05) is 25.5 Å². The molecule has 3 aromatic rings. The molecule has 1 aromatic carbocycles. The van der Waals surface area contributed by atoms with Crippen molar-refractivity contribution in [2.45, 2.75) is 39.7 Å². The summed E-state index contributed by atoms with van der Waals surface area (Å²) >= 11 is 0. The van der Waals surface area contributed by atoms with E-state index in [0.717, 1.165) is 24.0 Å². The lowest BCUT2D eigenvalue weighted by molar-refractivity contribution is 0.0520. The summed E-state index contributed by atoms with van der Waals surface area (Å²) in [5.74, 6) is -1.64. The maximum atomic E-state index is 13.1. The first-order valence-electron chi connectivity index (χ1n) is 9.62. The van der Waals surface area contributed by atoms with Crippen LogP contribution in [0.25, 0.3) is 11.0 Å². The van der Waals surface area contributed by atoms with Crippen molar-refractivity contribution in [3.63, 3.8) is 0 Å². The lowest BCUT2D eigenvalue weighted by Crippen LogP contribution is -2.28. The molecule has 2 aromatic heterocycles. The van der Waals surface area contributed by atoms with Gasteiger partial charge in [-0.05, 0) is 49.1 Å². The number of benzene rings is 1. The van der Waals surface area contributed by atoms with Crippen LogP contribution in [0.15, 0.2) is 41.3 Å². The van der Waals surface area contributed by atoms with Crippen LogP contribution in [0.1, 0.15) is 48.2 Å². The van der Waals surface area contributed by atoms with Crippen LogP contribution in [0, 0.1) is 5.82 Å². The fourth-order valence-corrected chi connectivity index (χ4v) is 3.21. The summed E-state index contributed by atoms with van der Waals surface area (Å²) in [6, 6.07) is 7.92. The highest BCUT2D eigenvalue weighted by Crippen LogP contribution is 2.26. The number of hydrogen-bond donors (Lipinski definition) is 1. The van der Waals surface area contributed by atoms with Crippen molar-refractivity contribution in [1.29, 1.82) is 0 Å². The summed E-state index contributed by atoms with van der Waals surface area (Å²) in [6.45, 7) is 4.11. The Kier molecular flexibility index (Phi) is 6.26. The largest absolute Gasteiger partial charge is 0.505 e. The smallest absolute Gasteiger partial charge is 0.347 e. The molecule has 0 unspecified atom stereocenters. The minimum Gasteiger partial charge on any atom is -0.505 e. The second kappa shape index (κ2) is 8.86. The van der Waals surface area contributed by atoms with Gasteiger partial charge in [-0.25, -0.2) is 9.18 Å². The first-order chi connectivity index (χ1) is 14.0. The van der Waals surface area contributed by atoms with E-state index in [4.69, 9.17) is 4.74 Å². The van der Waals surface area contributed by atoms with Gasteiger partial charge in [0.2, 0.25) is 0 Å². The number of rotatable bonds is 7. The molecular formula is C22H23FN2O4. The number of pyridine rings is 2. The topological polar surface area (TPSA) is 81.4 Å². The highest BCUT2D eigenvalue weighted by atomic mass is 19.1. The van der Waals surface area contributed by atoms with Gasteiger partial charge in [-0.3, -0.25) is 9.78 Å². The van der Waals surface area contributed by atoms with Gasteiger partial charge >= 0.3 is 5.97 Å². The molecule has 2 heterocycles. The number of aromatic nitrogens is 2. The maximum Gasteiger partial charge on any atom is 0.347 e. The van der Waals surface area contributed by atoms with Gasteiger partial charge in [-0.2, -0.15) is 0 Å². The minimum atomic E-state index is -0.862. The highest BCUT2D eigenvalue weighted by molar-refractivity contribution is 5.98. The van der Waals surface area contributed by atoms with Crippen molar-refractivity contribution in [3.8, 4) is 5.75 Å². The molecule has 0 aliphatic carbocycles. The third-order valence-corrected chi connectivity index (χ3v) is 4.67. The average Bonchev–Trinajstić information content (AvgIpc) is 2.70. The number of aryl methyl sites for hydroxylation is 1. The van der Waals surface area contributed by atoms with E-state index in [1.807, 2.05) is 6.92 Å². The Labute approximate surface area is 167 Å². The minimum absolute atomic E-state index is 0.0920. The second-order valence-electron chi connectivity index (χ2n) is 6.77. The Balaban J connectivity index is 2.14. The molecule has 0 radical (unpaired) electrons. The lowest BCUT2D eigenvalue weighted by Gasteiger charge is -2.15. The van der Waals surface area contributed by atoms with Crippen molar-refractivity contribution in [1.82, 2.24) is 9.55 Å². The molecule has 0 saturated heterocycles. The highest BCUT2D eigenvalue weighted by Gasteiger charge is 2.24. The van der Waals surface area contributed by atoms with Gasteiger partial charge in [0.25, 0.3) is 5.56 Å². The van der Waals surface area contributed by atoms with Crippen LogP contribution >= 0.6 is 0 Å². The van der Waals surface area contributed by atoms with Crippen LogP contribution in [0.2, 0.25) is 0 Å². The van der Waals surface area contributed by atoms with E-state index >= 15 is 0 Å². The first kappa shape index (κ1) is 20.5. The summed E-state index contributed by atoms with van der Waals surface area (Å²) in [5.41, 5.74) is 1.33. The normalized spacial score (nSPS) is 11.0. The molecule has 7 heteroatoms. The number of carbonyl (C=O) groups is 1. The Bertz CT molecular complexity index is 1090. The van der Waals surface area contributed by atoms with Gasteiger partial charge < -0.3 is 14.4 Å². The summed E-state index contributed by atoms with van der Waals surface area (Å²) in [7, 11) is 0. The van der Waals surface area contributed by atoms with Crippen LogP contribution in [0.3, 0.4) is 0 Å². The van der Waals surface area contributed by atoms with Crippen LogP contribution in [-0.4, -0.2) is 27.2 Å². The van der Waals surface area contributed by atoms with Crippen molar-refractivity contribution < 1.29 is 19.0 Å². The molecule has 0 aliphatic heterocycles. The molecular weight excluding hydrogens is 375 g/mol. The number of unbranched alkanes of at least 4 members (excludes halogenated alkanes) is 1. The molecule has 29 heavy (non-hydrogen) atoms. The predicted molar refractivity (Wildman–Crippen MR) is 108 cm³/mol. The van der Waals surface area contributed by atoms with E-state index in [9.17, 15) is 19.1 Å². The monoisotopic (exact) mass is 398 g/mol. The SMILES string of the molecule is CCCCn1c(=O)c(C(=O)OCC)c(O)c2ncc(Cc3ccc(F)cc3)cc21. The number of ether oxygens (including phenoxy) is 1. The van der Waals surface area contributed by atoms with Crippen molar-refractivity contribution in [3.05, 3.63) is 69.4 Å². The lowest BCUT2D eigenvalue weighted by atomic mass is 10.1. The predicted octanol–water partition coefficient (Wildman–Crippen LogP) is 3.81. The Morgan fingerprint density at radius 3 is 2.59 bits per heavy atom. The molecule has 152 valence electrons. The zero-order valence-corrected chi connectivity index (χ0v) is 16.4. The van der Waals surface area contributed by atoms with E-state index in [-0.39, 0.29) is 17.9 Å². The number of halogens is 1. The molecule has 0 fully saturated rings. The first-order valence-corrected chi connectivity index (χ1v) is 9.62. The van der Waals surface area contributed by atoms with Gasteiger partial charge in [-0.15, -0.1) is 0 Å². The van der Waals surface area contributed by atoms with Crippen LogP contribution in [-0.2, 0) is 17.7 Å². The molecule has 0 aliphatic rings. The molecule has 0 bridgehead atoms. The van der Waals surface area contributed by atoms with Crippen LogP contribution < -0.4 is 5.56 Å². The average molecular weight is 398 g/mol. The van der Waals surface area contributed by atoms with E-state index in [2.05, 4.69) is 4.98 Å². The van der Waals surface area contributed by atoms with Crippen molar-refractivity contribution >= 4 is 17.0 Å². The van der Waals surface area contributed by atoms with E-state index in [1.54, 1.807) is 31.3 Å². The van der Waals surface area contributed by atoms with E-state index < -0.39 is 22.8 Å². The summed E-state index contributed by atoms with van der Waals surface area (Å²) < 4.78 is 19.5. The fourth-order valence-electron chi connectivity index (χ4n) is 3.21. The molecule has 0 atom stereocenters. The molecule has 0 amide bonds. The second-order valence-corrected chi connectivity index (χ2v) is 6.77.